The molecular formula is C27H54F3N3O6. The zero-order chi connectivity index (χ0) is 30.2. The lowest BCUT2D eigenvalue weighted by atomic mass is 9.91. The molecule has 12 heteroatoms. The van der Waals surface area contributed by atoms with Gasteiger partial charge in [-0.05, 0) is 41.5 Å². The van der Waals surface area contributed by atoms with Crippen LogP contribution in [0.3, 0.4) is 0 Å². The monoisotopic (exact) mass is 573 g/mol. The molecule has 3 N–H and O–H groups in total. The summed E-state index contributed by atoms with van der Waals surface area (Å²) in [5.74, 6) is 0. The average molecular weight is 574 g/mol. The smallest absolute Gasteiger partial charge is 0.134 e. The minimum absolute atomic E-state index is 0.0438. The van der Waals surface area contributed by atoms with Crippen molar-refractivity contribution in [2.75, 3.05) is 80.2 Å². The fourth-order valence-electron chi connectivity index (χ4n) is 5.08. The van der Waals surface area contributed by atoms with E-state index >= 15 is 0 Å². The first-order valence-corrected chi connectivity index (χ1v) is 13.9. The summed E-state index contributed by atoms with van der Waals surface area (Å²) < 4.78 is 59.9. The lowest BCUT2D eigenvalue weighted by Crippen LogP contribution is -2.59. The summed E-state index contributed by atoms with van der Waals surface area (Å²) in [5.41, 5.74) is -5.39. The highest BCUT2D eigenvalue weighted by Crippen LogP contribution is 2.26. The molecule has 1 aliphatic rings. The van der Waals surface area contributed by atoms with Crippen LogP contribution in [0.15, 0.2) is 0 Å². The average Bonchev–Trinajstić information content (AvgIpc) is 2.97. The number of rotatable bonds is 15. The lowest BCUT2D eigenvalue weighted by Gasteiger charge is -2.40. The molecule has 0 saturated carbocycles. The van der Waals surface area contributed by atoms with Gasteiger partial charge >= 0.3 is 0 Å². The number of methoxy groups -OCH3 is 3. The van der Waals surface area contributed by atoms with E-state index in [1.807, 2.05) is 14.7 Å². The molecule has 9 nitrogen and oxygen atoms in total. The number of hydrogen-bond acceptors (Lipinski definition) is 9. The quantitative estimate of drug-likeness (QED) is 0.268. The van der Waals surface area contributed by atoms with E-state index in [4.69, 9.17) is 14.2 Å². The zero-order valence-electron chi connectivity index (χ0n) is 25.4. The van der Waals surface area contributed by atoms with Crippen LogP contribution in [-0.4, -0.2) is 164 Å². The third-order valence-electron chi connectivity index (χ3n) is 8.87. The lowest BCUT2D eigenvalue weighted by molar-refractivity contribution is -0.141. The van der Waals surface area contributed by atoms with E-state index in [1.165, 1.54) is 42.1 Å². The van der Waals surface area contributed by atoms with Crippen LogP contribution in [0.5, 0.6) is 0 Å². The second-order valence-corrected chi connectivity index (χ2v) is 11.3. The molecule has 0 amide bonds. The van der Waals surface area contributed by atoms with Gasteiger partial charge in [0.05, 0.1) is 18.3 Å². The molecule has 1 fully saturated rings. The van der Waals surface area contributed by atoms with Crippen molar-refractivity contribution in [2.45, 2.75) is 95.2 Å². The Hall–Kier alpha value is -0.570. The summed E-state index contributed by atoms with van der Waals surface area (Å²) in [7, 11) is 4.23. The molecule has 9 atom stereocenters. The summed E-state index contributed by atoms with van der Waals surface area (Å²) in [4.78, 5) is 5.64. The first kappa shape index (κ1) is 36.5. The minimum atomic E-state index is -1.80. The highest BCUT2D eigenvalue weighted by molar-refractivity contribution is 4.97. The molecule has 1 aliphatic heterocycles. The van der Waals surface area contributed by atoms with E-state index in [9.17, 15) is 28.5 Å². The number of nitrogens with zero attached hydrogens (tertiary/aromatic N) is 3. The number of ether oxygens (including phenoxy) is 3. The number of halogens is 3. The summed E-state index contributed by atoms with van der Waals surface area (Å²) in [6.07, 6.45) is -7.15. The van der Waals surface area contributed by atoms with E-state index in [-0.39, 0.29) is 19.6 Å². The first-order valence-electron chi connectivity index (χ1n) is 13.9. The predicted octanol–water partition coefficient (Wildman–Crippen LogP) is 1.28. The van der Waals surface area contributed by atoms with Gasteiger partial charge in [0.2, 0.25) is 0 Å². The van der Waals surface area contributed by atoms with Crippen LogP contribution in [0.1, 0.15) is 41.5 Å². The molecule has 0 bridgehead atoms. The fraction of sp³-hybridized carbons (Fsp3) is 1.00. The summed E-state index contributed by atoms with van der Waals surface area (Å²) in [5, 5.41) is 33.7. The van der Waals surface area contributed by atoms with E-state index in [0.29, 0.717) is 39.3 Å². The molecule has 234 valence electrons. The van der Waals surface area contributed by atoms with Gasteiger partial charge in [0, 0.05) is 80.2 Å². The van der Waals surface area contributed by atoms with Crippen molar-refractivity contribution in [2.24, 2.45) is 0 Å². The van der Waals surface area contributed by atoms with Crippen LogP contribution in [0.2, 0.25) is 0 Å². The molecule has 1 saturated heterocycles. The van der Waals surface area contributed by atoms with Crippen molar-refractivity contribution in [3.8, 4) is 0 Å². The van der Waals surface area contributed by atoms with Crippen LogP contribution in [0.25, 0.3) is 0 Å². The van der Waals surface area contributed by atoms with Crippen LogP contribution >= 0.6 is 0 Å². The van der Waals surface area contributed by atoms with Crippen LogP contribution in [-0.2, 0) is 14.2 Å². The topological polar surface area (TPSA) is 98.1 Å². The van der Waals surface area contributed by atoms with Crippen molar-refractivity contribution in [3.05, 3.63) is 0 Å². The van der Waals surface area contributed by atoms with E-state index < -0.39 is 53.6 Å². The summed E-state index contributed by atoms with van der Waals surface area (Å²) in [6, 6.07) is 0. The number of β-amino-alcohol motifs (C(OH)–C–C–N with tert-alkyl or cyclic N) is 3. The molecule has 0 aromatic carbocycles. The third-order valence-corrected chi connectivity index (χ3v) is 8.87. The molecule has 0 aromatic heterocycles. The summed E-state index contributed by atoms with van der Waals surface area (Å²) in [6.45, 7) is 10.9. The SMILES string of the molecule is COC(C)C(O)(CN1CCN(CC(O)(C(C)F)C(C)OC)CCN(CC(O)(C(C)F)C(C)OC)CC1)C(C)F. The molecule has 9 unspecified atom stereocenters. The van der Waals surface area contributed by atoms with E-state index in [0.717, 1.165) is 0 Å². The molecule has 0 spiro atoms. The zero-order valence-corrected chi connectivity index (χ0v) is 25.4. The largest absolute Gasteiger partial charge is 0.383 e. The Morgan fingerprint density at radius 1 is 0.513 bits per heavy atom. The Labute approximate surface area is 233 Å². The van der Waals surface area contributed by atoms with Gasteiger partial charge in [0.1, 0.15) is 35.3 Å². The highest BCUT2D eigenvalue weighted by Gasteiger charge is 2.45. The Balaban J connectivity index is 3.35. The van der Waals surface area contributed by atoms with Crippen molar-refractivity contribution in [1.29, 1.82) is 0 Å². The number of hydrogen-bond donors (Lipinski definition) is 3. The maximum absolute atomic E-state index is 14.7. The van der Waals surface area contributed by atoms with Crippen LogP contribution < -0.4 is 0 Å². The van der Waals surface area contributed by atoms with Gasteiger partial charge in [0.15, 0.2) is 0 Å². The van der Waals surface area contributed by atoms with Crippen LogP contribution in [0, 0.1) is 0 Å². The molecule has 0 radical (unpaired) electrons. The molecule has 1 heterocycles. The number of alkyl halides is 3. The highest BCUT2D eigenvalue weighted by atomic mass is 19.1. The normalized spacial score (nSPS) is 26.5. The Morgan fingerprint density at radius 2 is 0.692 bits per heavy atom. The fourth-order valence-corrected chi connectivity index (χ4v) is 5.08. The van der Waals surface area contributed by atoms with Gasteiger partial charge in [-0.1, -0.05) is 0 Å². The predicted molar refractivity (Wildman–Crippen MR) is 145 cm³/mol. The molecule has 0 aliphatic carbocycles. The Kier molecular flexibility index (Phi) is 14.6. The molecular weight excluding hydrogens is 519 g/mol. The minimum Gasteiger partial charge on any atom is -0.383 e. The second kappa shape index (κ2) is 15.6. The van der Waals surface area contributed by atoms with Crippen molar-refractivity contribution in [3.63, 3.8) is 0 Å². The van der Waals surface area contributed by atoms with Crippen LogP contribution in [0.4, 0.5) is 13.2 Å². The Morgan fingerprint density at radius 3 is 0.821 bits per heavy atom. The summed E-state index contributed by atoms with van der Waals surface area (Å²) >= 11 is 0. The third kappa shape index (κ3) is 9.21. The standard InChI is InChI=1S/C27H54F3N3O6/c1-19(28)25(34,22(4)37-7)16-31-10-12-32(17-26(35,20(2)29)23(5)38-8)14-15-33(13-11-31)18-27(36,21(3)30)24(6)39-9/h19-24,34-36H,10-18H2,1-9H3. The molecule has 1 rings (SSSR count). The maximum atomic E-state index is 14.7. The van der Waals surface area contributed by atoms with Gasteiger partial charge in [-0.3, -0.25) is 14.7 Å². The van der Waals surface area contributed by atoms with Gasteiger partial charge < -0.3 is 29.5 Å². The van der Waals surface area contributed by atoms with Crippen molar-refractivity contribution in [1.82, 2.24) is 14.7 Å². The Bertz CT molecular complexity index is 609. The van der Waals surface area contributed by atoms with E-state index in [2.05, 4.69) is 0 Å². The van der Waals surface area contributed by atoms with Gasteiger partial charge in [-0.2, -0.15) is 0 Å². The number of aliphatic hydroxyl groups is 3. The van der Waals surface area contributed by atoms with Crippen molar-refractivity contribution < 1.29 is 42.7 Å². The van der Waals surface area contributed by atoms with Gasteiger partial charge in [-0.25, -0.2) is 13.2 Å². The van der Waals surface area contributed by atoms with E-state index in [1.54, 1.807) is 20.8 Å². The second-order valence-electron chi connectivity index (χ2n) is 11.3. The molecule has 39 heavy (non-hydrogen) atoms. The van der Waals surface area contributed by atoms with Crippen molar-refractivity contribution >= 4 is 0 Å². The first-order chi connectivity index (χ1) is 18.0. The maximum Gasteiger partial charge on any atom is 0.134 e. The van der Waals surface area contributed by atoms with Gasteiger partial charge in [0.25, 0.3) is 0 Å². The molecule has 0 aromatic rings. The van der Waals surface area contributed by atoms with Gasteiger partial charge in [-0.15, -0.1) is 0 Å².